The predicted octanol–water partition coefficient (Wildman–Crippen LogP) is 3.81. The number of alkyl halides is 3. The normalized spacial score (nSPS) is 10.9. The van der Waals surface area contributed by atoms with Crippen LogP contribution >= 0.6 is 0 Å². The molecule has 0 amide bonds. The van der Waals surface area contributed by atoms with E-state index in [1.807, 2.05) is 6.07 Å². The van der Waals surface area contributed by atoms with E-state index < -0.39 is 23.1 Å². The monoisotopic (exact) mass is 275 g/mol. The van der Waals surface area contributed by atoms with E-state index in [1.54, 1.807) is 0 Å². The fourth-order valence-electron chi connectivity index (χ4n) is 1.81. The number of benzene rings is 2. The zero-order valence-electron chi connectivity index (χ0n) is 10.1. The fraction of sp³-hybridized carbons (Fsp3) is 0.0667. The Hall–Kier alpha value is -2.61. The molecule has 0 atom stereocenters. The summed E-state index contributed by atoms with van der Waals surface area (Å²) in [4.78, 5) is 12.2. The van der Waals surface area contributed by atoms with Gasteiger partial charge >= 0.3 is 6.18 Å². The van der Waals surface area contributed by atoms with Gasteiger partial charge in [-0.2, -0.15) is 18.4 Å². The molecule has 0 spiro atoms. The van der Waals surface area contributed by atoms with Crippen LogP contribution in [0.15, 0.2) is 48.5 Å². The Kier molecular flexibility index (Phi) is 3.57. The third kappa shape index (κ3) is 2.69. The third-order valence-electron chi connectivity index (χ3n) is 2.73. The fourth-order valence-corrected chi connectivity index (χ4v) is 1.81. The van der Waals surface area contributed by atoms with Crippen molar-refractivity contribution in [2.75, 3.05) is 0 Å². The van der Waals surface area contributed by atoms with Crippen molar-refractivity contribution in [3.63, 3.8) is 0 Å². The molecule has 2 rings (SSSR count). The van der Waals surface area contributed by atoms with Crippen molar-refractivity contribution in [3.8, 4) is 6.07 Å². The van der Waals surface area contributed by atoms with Crippen molar-refractivity contribution in [3.05, 3.63) is 70.8 Å². The van der Waals surface area contributed by atoms with Gasteiger partial charge in [-0.15, -0.1) is 0 Å². The molecule has 0 aliphatic heterocycles. The first kappa shape index (κ1) is 13.8. The number of hydrogen-bond donors (Lipinski definition) is 0. The number of carbonyl (C=O) groups is 1. The third-order valence-corrected chi connectivity index (χ3v) is 2.73. The van der Waals surface area contributed by atoms with Gasteiger partial charge in [-0.3, -0.25) is 4.79 Å². The maximum atomic E-state index is 12.9. The van der Waals surface area contributed by atoms with Crippen molar-refractivity contribution in [2.24, 2.45) is 0 Å². The standard InChI is InChI=1S/C15H8F3NO/c16-15(17,18)13-7-2-1-6-12(13)14(20)11-5-3-4-10(8-11)9-19/h1-8H. The number of nitrogens with zero attached hydrogens (tertiary/aromatic N) is 1. The highest BCUT2D eigenvalue weighted by Gasteiger charge is 2.34. The molecule has 0 aromatic heterocycles. The highest BCUT2D eigenvalue weighted by atomic mass is 19.4. The first-order valence-corrected chi connectivity index (χ1v) is 5.64. The summed E-state index contributed by atoms with van der Waals surface area (Å²) in [6, 6.07) is 12.0. The van der Waals surface area contributed by atoms with E-state index in [2.05, 4.69) is 0 Å². The van der Waals surface area contributed by atoms with Gasteiger partial charge in [-0.05, 0) is 18.2 Å². The van der Waals surface area contributed by atoms with Crippen molar-refractivity contribution in [1.29, 1.82) is 5.26 Å². The summed E-state index contributed by atoms with van der Waals surface area (Å²) in [5.41, 5.74) is -1.12. The molecule has 20 heavy (non-hydrogen) atoms. The summed E-state index contributed by atoms with van der Waals surface area (Å²) in [5, 5.41) is 8.76. The molecule has 0 aliphatic carbocycles. The van der Waals surface area contributed by atoms with Crippen LogP contribution in [0.4, 0.5) is 13.2 Å². The van der Waals surface area contributed by atoms with E-state index in [4.69, 9.17) is 5.26 Å². The Morgan fingerprint density at radius 1 is 1.05 bits per heavy atom. The number of nitriles is 1. The molecular weight excluding hydrogens is 267 g/mol. The molecular formula is C15H8F3NO. The molecule has 0 radical (unpaired) electrons. The predicted molar refractivity (Wildman–Crippen MR) is 66.0 cm³/mol. The molecule has 0 saturated heterocycles. The number of carbonyl (C=O) groups excluding carboxylic acids is 1. The maximum Gasteiger partial charge on any atom is 0.417 e. The van der Waals surface area contributed by atoms with Crippen LogP contribution in [0, 0.1) is 11.3 Å². The van der Waals surface area contributed by atoms with Gasteiger partial charge < -0.3 is 0 Å². The highest BCUT2D eigenvalue weighted by molar-refractivity contribution is 6.10. The molecule has 100 valence electrons. The Morgan fingerprint density at radius 2 is 1.75 bits per heavy atom. The molecule has 2 nitrogen and oxygen atoms in total. The summed E-state index contributed by atoms with van der Waals surface area (Å²) >= 11 is 0. The lowest BCUT2D eigenvalue weighted by Crippen LogP contribution is -2.13. The SMILES string of the molecule is N#Cc1cccc(C(=O)c2ccccc2C(F)(F)F)c1. The summed E-state index contributed by atoms with van der Waals surface area (Å²) in [5.74, 6) is -0.755. The molecule has 2 aromatic rings. The lowest BCUT2D eigenvalue weighted by atomic mass is 9.97. The lowest BCUT2D eigenvalue weighted by molar-refractivity contribution is -0.137. The van der Waals surface area contributed by atoms with Crippen LogP contribution in [0.5, 0.6) is 0 Å². The molecule has 0 aliphatic rings. The average Bonchev–Trinajstić information content (AvgIpc) is 2.45. The summed E-state index contributed by atoms with van der Waals surface area (Å²) in [7, 11) is 0. The van der Waals surface area contributed by atoms with Crippen LogP contribution in [0.2, 0.25) is 0 Å². The molecule has 2 aromatic carbocycles. The maximum absolute atomic E-state index is 12.9. The lowest BCUT2D eigenvalue weighted by Gasteiger charge is -2.11. The van der Waals surface area contributed by atoms with Gasteiger partial charge in [-0.25, -0.2) is 0 Å². The van der Waals surface area contributed by atoms with E-state index >= 15 is 0 Å². The summed E-state index contributed by atoms with van der Waals surface area (Å²) in [6.07, 6.45) is -4.60. The first-order valence-electron chi connectivity index (χ1n) is 5.64. The molecule has 0 unspecified atom stereocenters. The summed E-state index contributed by atoms with van der Waals surface area (Å²) < 4.78 is 38.6. The van der Waals surface area contributed by atoms with Crippen molar-refractivity contribution in [1.82, 2.24) is 0 Å². The minimum atomic E-state index is -4.60. The van der Waals surface area contributed by atoms with Gasteiger partial charge in [0.25, 0.3) is 0 Å². The van der Waals surface area contributed by atoms with Crippen molar-refractivity contribution >= 4 is 5.78 Å². The van der Waals surface area contributed by atoms with Gasteiger partial charge in [0.15, 0.2) is 5.78 Å². The molecule has 0 fully saturated rings. The molecule has 0 bridgehead atoms. The van der Waals surface area contributed by atoms with Crippen LogP contribution < -0.4 is 0 Å². The van der Waals surface area contributed by atoms with E-state index in [-0.39, 0.29) is 11.1 Å². The number of hydrogen-bond acceptors (Lipinski definition) is 2. The number of halogens is 3. The second-order valence-corrected chi connectivity index (χ2v) is 4.07. The van der Waals surface area contributed by atoms with E-state index in [1.165, 1.54) is 36.4 Å². The molecule has 0 heterocycles. The average molecular weight is 275 g/mol. The van der Waals surface area contributed by atoms with Crippen molar-refractivity contribution < 1.29 is 18.0 Å². The first-order chi connectivity index (χ1) is 9.43. The minimum absolute atomic E-state index is 0.0562. The van der Waals surface area contributed by atoms with Crippen LogP contribution in [0.1, 0.15) is 27.0 Å². The second-order valence-electron chi connectivity index (χ2n) is 4.07. The quantitative estimate of drug-likeness (QED) is 0.782. The van der Waals surface area contributed by atoms with Gasteiger partial charge in [0, 0.05) is 11.1 Å². The topological polar surface area (TPSA) is 40.9 Å². The minimum Gasteiger partial charge on any atom is -0.289 e. The molecule has 0 saturated carbocycles. The Bertz CT molecular complexity index is 699. The van der Waals surface area contributed by atoms with Gasteiger partial charge in [-0.1, -0.05) is 30.3 Å². The van der Waals surface area contributed by atoms with E-state index in [0.29, 0.717) is 0 Å². The number of rotatable bonds is 2. The van der Waals surface area contributed by atoms with Crippen molar-refractivity contribution in [2.45, 2.75) is 6.18 Å². The summed E-state index contributed by atoms with van der Waals surface area (Å²) in [6.45, 7) is 0. The zero-order chi connectivity index (χ0) is 14.8. The Morgan fingerprint density at radius 3 is 2.40 bits per heavy atom. The second kappa shape index (κ2) is 5.17. The van der Waals surface area contributed by atoms with Gasteiger partial charge in [0.05, 0.1) is 17.2 Å². The Labute approximate surface area is 113 Å². The number of ketones is 1. The van der Waals surface area contributed by atoms with E-state index in [0.717, 1.165) is 12.1 Å². The van der Waals surface area contributed by atoms with Crippen LogP contribution in [0.25, 0.3) is 0 Å². The van der Waals surface area contributed by atoms with Crippen LogP contribution in [0.3, 0.4) is 0 Å². The van der Waals surface area contributed by atoms with E-state index in [9.17, 15) is 18.0 Å². The molecule has 5 heteroatoms. The smallest absolute Gasteiger partial charge is 0.289 e. The Balaban J connectivity index is 2.52. The van der Waals surface area contributed by atoms with Crippen LogP contribution in [-0.4, -0.2) is 5.78 Å². The largest absolute Gasteiger partial charge is 0.417 e. The zero-order valence-corrected chi connectivity index (χ0v) is 10.1. The highest BCUT2D eigenvalue weighted by Crippen LogP contribution is 2.32. The van der Waals surface area contributed by atoms with Crippen LogP contribution in [-0.2, 0) is 6.18 Å². The van der Waals surface area contributed by atoms with Gasteiger partial charge in [0.1, 0.15) is 0 Å². The van der Waals surface area contributed by atoms with Gasteiger partial charge in [0.2, 0.25) is 0 Å². The molecule has 0 N–H and O–H groups in total.